The summed E-state index contributed by atoms with van der Waals surface area (Å²) < 4.78 is 17.9. The van der Waals surface area contributed by atoms with Gasteiger partial charge in [-0.3, -0.25) is 4.79 Å². The normalized spacial score (nSPS) is 10.4. The van der Waals surface area contributed by atoms with Gasteiger partial charge in [-0.1, -0.05) is 17.7 Å². The zero-order valence-corrected chi connectivity index (χ0v) is 10.9. The highest BCUT2D eigenvalue weighted by atomic mass is 35.5. The van der Waals surface area contributed by atoms with Crippen LogP contribution in [0.5, 0.6) is 0 Å². The molecule has 0 saturated heterocycles. The number of nitrogens with one attached hydrogen (secondary N) is 2. The standard InChI is InChI=1S/C12H16ClFN2O2/c1-18-5-4-16-12(17)8-15-7-9-2-3-10(13)11(14)6-9/h2-3,6,15H,4-5,7-8H2,1H3,(H,16,17). The van der Waals surface area contributed by atoms with Gasteiger partial charge in [0.15, 0.2) is 0 Å². The van der Waals surface area contributed by atoms with E-state index in [1.54, 1.807) is 13.2 Å². The first kappa shape index (κ1) is 14.9. The number of hydrogen-bond donors (Lipinski definition) is 2. The van der Waals surface area contributed by atoms with Crippen LogP contribution < -0.4 is 10.6 Å². The maximum absolute atomic E-state index is 13.1. The van der Waals surface area contributed by atoms with E-state index in [-0.39, 0.29) is 17.5 Å². The van der Waals surface area contributed by atoms with Gasteiger partial charge in [-0.15, -0.1) is 0 Å². The Morgan fingerprint density at radius 2 is 2.28 bits per heavy atom. The Kier molecular flexibility index (Phi) is 6.64. The summed E-state index contributed by atoms with van der Waals surface area (Å²) in [7, 11) is 1.57. The molecule has 100 valence electrons. The van der Waals surface area contributed by atoms with E-state index in [0.717, 1.165) is 5.56 Å². The molecule has 0 saturated carbocycles. The molecule has 1 rings (SSSR count). The zero-order chi connectivity index (χ0) is 13.4. The number of benzene rings is 1. The first-order valence-electron chi connectivity index (χ1n) is 5.53. The molecule has 0 fully saturated rings. The lowest BCUT2D eigenvalue weighted by Gasteiger charge is -2.06. The Balaban J connectivity index is 2.24. The molecule has 1 aromatic carbocycles. The van der Waals surface area contributed by atoms with Crippen LogP contribution in [0.1, 0.15) is 5.56 Å². The lowest BCUT2D eigenvalue weighted by Crippen LogP contribution is -2.35. The second-order valence-electron chi connectivity index (χ2n) is 3.69. The fourth-order valence-electron chi connectivity index (χ4n) is 1.32. The second kappa shape index (κ2) is 8.02. The zero-order valence-electron chi connectivity index (χ0n) is 10.1. The summed E-state index contributed by atoms with van der Waals surface area (Å²) in [5.74, 6) is -0.581. The smallest absolute Gasteiger partial charge is 0.234 e. The number of halogens is 2. The van der Waals surface area contributed by atoms with Gasteiger partial charge >= 0.3 is 0 Å². The molecular weight excluding hydrogens is 259 g/mol. The minimum absolute atomic E-state index is 0.0936. The number of methoxy groups -OCH3 is 1. The van der Waals surface area contributed by atoms with Gasteiger partial charge in [-0.05, 0) is 17.7 Å². The van der Waals surface area contributed by atoms with E-state index in [2.05, 4.69) is 10.6 Å². The minimum Gasteiger partial charge on any atom is -0.383 e. The molecule has 18 heavy (non-hydrogen) atoms. The van der Waals surface area contributed by atoms with Crippen molar-refractivity contribution in [2.75, 3.05) is 26.8 Å². The Bertz CT molecular complexity index is 402. The van der Waals surface area contributed by atoms with Gasteiger partial charge in [0.25, 0.3) is 0 Å². The van der Waals surface area contributed by atoms with Crippen LogP contribution in [0, 0.1) is 5.82 Å². The van der Waals surface area contributed by atoms with Gasteiger partial charge in [-0.25, -0.2) is 4.39 Å². The number of carbonyl (C=O) groups is 1. The maximum atomic E-state index is 13.1. The van der Waals surface area contributed by atoms with Crippen LogP contribution in [-0.2, 0) is 16.1 Å². The molecule has 0 aromatic heterocycles. The van der Waals surface area contributed by atoms with E-state index >= 15 is 0 Å². The Labute approximate surface area is 110 Å². The van der Waals surface area contributed by atoms with Gasteiger partial charge in [0.2, 0.25) is 5.91 Å². The van der Waals surface area contributed by atoms with Crippen LogP contribution in [0.4, 0.5) is 4.39 Å². The van der Waals surface area contributed by atoms with Gasteiger partial charge in [0.05, 0.1) is 18.2 Å². The van der Waals surface area contributed by atoms with E-state index in [9.17, 15) is 9.18 Å². The van der Waals surface area contributed by atoms with Crippen LogP contribution in [-0.4, -0.2) is 32.7 Å². The van der Waals surface area contributed by atoms with Crippen molar-refractivity contribution in [1.29, 1.82) is 0 Å². The molecule has 0 bridgehead atoms. The van der Waals surface area contributed by atoms with Crippen LogP contribution in [0.2, 0.25) is 5.02 Å². The predicted molar refractivity (Wildman–Crippen MR) is 68.0 cm³/mol. The summed E-state index contributed by atoms with van der Waals surface area (Å²) in [6.07, 6.45) is 0. The third-order valence-corrected chi connectivity index (χ3v) is 2.53. The number of amides is 1. The van der Waals surface area contributed by atoms with Crippen LogP contribution in [0.15, 0.2) is 18.2 Å². The van der Waals surface area contributed by atoms with Crippen molar-refractivity contribution >= 4 is 17.5 Å². The van der Waals surface area contributed by atoms with Crippen molar-refractivity contribution in [3.63, 3.8) is 0 Å². The lowest BCUT2D eigenvalue weighted by atomic mass is 10.2. The SMILES string of the molecule is COCCNC(=O)CNCc1ccc(Cl)c(F)c1. The first-order chi connectivity index (χ1) is 8.63. The average Bonchev–Trinajstić information content (AvgIpc) is 2.34. The quantitative estimate of drug-likeness (QED) is 0.738. The summed E-state index contributed by atoms with van der Waals surface area (Å²) in [4.78, 5) is 11.3. The van der Waals surface area contributed by atoms with E-state index in [0.29, 0.717) is 19.7 Å². The molecule has 1 amide bonds. The molecule has 2 N–H and O–H groups in total. The highest BCUT2D eigenvalue weighted by Gasteiger charge is 2.02. The lowest BCUT2D eigenvalue weighted by molar-refractivity contribution is -0.120. The van der Waals surface area contributed by atoms with E-state index in [1.165, 1.54) is 12.1 Å². The van der Waals surface area contributed by atoms with Gasteiger partial charge in [0, 0.05) is 20.2 Å². The molecule has 0 atom stereocenters. The van der Waals surface area contributed by atoms with Crippen molar-refractivity contribution in [2.45, 2.75) is 6.54 Å². The maximum Gasteiger partial charge on any atom is 0.234 e. The third kappa shape index (κ3) is 5.44. The van der Waals surface area contributed by atoms with Crippen LogP contribution in [0.3, 0.4) is 0 Å². The monoisotopic (exact) mass is 274 g/mol. The van der Waals surface area contributed by atoms with Gasteiger partial charge in [0.1, 0.15) is 5.82 Å². The summed E-state index contributed by atoms with van der Waals surface area (Å²) in [6.45, 7) is 1.54. The van der Waals surface area contributed by atoms with Crippen molar-refractivity contribution in [3.8, 4) is 0 Å². The number of hydrogen-bond acceptors (Lipinski definition) is 3. The average molecular weight is 275 g/mol. The fourth-order valence-corrected chi connectivity index (χ4v) is 1.44. The molecule has 4 nitrogen and oxygen atoms in total. The summed E-state index contributed by atoms with van der Waals surface area (Å²) in [5, 5.41) is 5.67. The number of carbonyl (C=O) groups excluding carboxylic acids is 1. The molecule has 0 spiro atoms. The Hall–Kier alpha value is -1.17. The molecular formula is C12H16ClFN2O2. The van der Waals surface area contributed by atoms with Crippen molar-refractivity contribution < 1.29 is 13.9 Å². The summed E-state index contributed by atoms with van der Waals surface area (Å²) in [6, 6.07) is 4.55. The fraction of sp³-hybridized carbons (Fsp3) is 0.417. The van der Waals surface area contributed by atoms with Crippen molar-refractivity contribution in [3.05, 3.63) is 34.6 Å². The van der Waals surface area contributed by atoms with Gasteiger partial charge < -0.3 is 15.4 Å². The molecule has 0 heterocycles. The van der Waals surface area contributed by atoms with E-state index < -0.39 is 5.82 Å². The number of rotatable bonds is 7. The van der Waals surface area contributed by atoms with E-state index in [4.69, 9.17) is 16.3 Å². The van der Waals surface area contributed by atoms with Crippen molar-refractivity contribution in [1.82, 2.24) is 10.6 Å². The Morgan fingerprint density at radius 1 is 1.50 bits per heavy atom. The molecule has 0 radical (unpaired) electrons. The largest absolute Gasteiger partial charge is 0.383 e. The molecule has 0 aliphatic rings. The van der Waals surface area contributed by atoms with Crippen LogP contribution in [0.25, 0.3) is 0 Å². The minimum atomic E-state index is -0.458. The molecule has 0 aliphatic heterocycles. The summed E-state index contributed by atoms with van der Waals surface area (Å²) >= 11 is 5.56. The van der Waals surface area contributed by atoms with E-state index in [1.807, 2.05) is 0 Å². The third-order valence-electron chi connectivity index (χ3n) is 2.23. The highest BCUT2D eigenvalue weighted by molar-refractivity contribution is 6.30. The van der Waals surface area contributed by atoms with Gasteiger partial charge in [-0.2, -0.15) is 0 Å². The number of ether oxygens (including phenoxy) is 1. The highest BCUT2D eigenvalue weighted by Crippen LogP contribution is 2.15. The molecule has 0 aliphatic carbocycles. The Morgan fingerprint density at radius 3 is 2.94 bits per heavy atom. The molecule has 1 aromatic rings. The van der Waals surface area contributed by atoms with Crippen LogP contribution >= 0.6 is 11.6 Å². The molecule has 6 heteroatoms. The topological polar surface area (TPSA) is 50.4 Å². The van der Waals surface area contributed by atoms with Crippen molar-refractivity contribution in [2.24, 2.45) is 0 Å². The summed E-state index contributed by atoms with van der Waals surface area (Å²) in [5.41, 5.74) is 0.738. The first-order valence-corrected chi connectivity index (χ1v) is 5.91. The predicted octanol–water partition coefficient (Wildman–Crippen LogP) is 1.33. The molecule has 0 unspecified atom stereocenters. The second-order valence-corrected chi connectivity index (χ2v) is 4.10.